The molecule has 2 rings (SSSR count). The van der Waals surface area contributed by atoms with Crippen LogP contribution in [-0.4, -0.2) is 49.3 Å². The molecule has 0 aliphatic carbocycles. The molecule has 1 heterocycles. The molecule has 0 saturated carbocycles. The van der Waals surface area contributed by atoms with Gasteiger partial charge in [-0.05, 0) is 32.3 Å². The standard InChI is InChI=1S/C20H29F3N4O2/c1-2-24-19(25-12-8-14-27-13-7-3-4-11-18(27)28)26-15-16-9-5-6-10-17(16)29-20(21,22)23/h5-6,9-10H,2-4,7-8,11-15H2,1H3,(H2,24,25,26). The zero-order valence-electron chi connectivity index (χ0n) is 16.7. The fourth-order valence-electron chi connectivity index (χ4n) is 3.12. The molecule has 1 aromatic carbocycles. The number of rotatable bonds is 8. The van der Waals surface area contributed by atoms with Gasteiger partial charge in [-0.1, -0.05) is 24.6 Å². The summed E-state index contributed by atoms with van der Waals surface area (Å²) in [6, 6.07) is 5.96. The van der Waals surface area contributed by atoms with Gasteiger partial charge in [0.2, 0.25) is 5.91 Å². The van der Waals surface area contributed by atoms with Crippen LogP contribution in [0.25, 0.3) is 0 Å². The predicted molar refractivity (Wildman–Crippen MR) is 106 cm³/mol. The van der Waals surface area contributed by atoms with Gasteiger partial charge in [-0.25, -0.2) is 4.99 Å². The van der Waals surface area contributed by atoms with Crippen molar-refractivity contribution in [1.29, 1.82) is 0 Å². The minimum absolute atomic E-state index is 0.0478. The van der Waals surface area contributed by atoms with E-state index in [1.54, 1.807) is 12.1 Å². The Kier molecular flexibility index (Phi) is 9.08. The Morgan fingerprint density at radius 1 is 1.21 bits per heavy atom. The topological polar surface area (TPSA) is 66.0 Å². The fourth-order valence-corrected chi connectivity index (χ4v) is 3.12. The number of ether oxygens (including phenoxy) is 1. The third kappa shape index (κ3) is 8.62. The number of alkyl halides is 3. The predicted octanol–water partition coefficient (Wildman–Crippen LogP) is 3.43. The molecular formula is C20H29F3N4O2. The van der Waals surface area contributed by atoms with E-state index in [9.17, 15) is 18.0 Å². The first-order chi connectivity index (χ1) is 13.9. The molecule has 0 atom stereocenters. The molecule has 9 heteroatoms. The summed E-state index contributed by atoms with van der Waals surface area (Å²) in [6.07, 6.45) is -0.252. The lowest BCUT2D eigenvalue weighted by molar-refractivity contribution is -0.274. The van der Waals surface area contributed by atoms with Crippen molar-refractivity contribution >= 4 is 11.9 Å². The molecule has 0 bridgehead atoms. The van der Waals surface area contributed by atoms with Crippen LogP contribution in [0.3, 0.4) is 0 Å². The molecule has 1 aromatic rings. The van der Waals surface area contributed by atoms with E-state index in [1.165, 1.54) is 12.1 Å². The van der Waals surface area contributed by atoms with E-state index < -0.39 is 6.36 Å². The number of nitrogens with one attached hydrogen (secondary N) is 2. The van der Waals surface area contributed by atoms with Gasteiger partial charge in [-0.3, -0.25) is 4.79 Å². The van der Waals surface area contributed by atoms with Gasteiger partial charge in [0.25, 0.3) is 0 Å². The van der Waals surface area contributed by atoms with Gasteiger partial charge in [0.1, 0.15) is 5.75 Å². The number of aliphatic imine (C=N–C) groups is 1. The van der Waals surface area contributed by atoms with E-state index >= 15 is 0 Å². The average Bonchev–Trinajstić information content (AvgIpc) is 2.87. The van der Waals surface area contributed by atoms with Gasteiger partial charge in [-0.2, -0.15) is 0 Å². The number of para-hydroxylation sites is 1. The summed E-state index contributed by atoms with van der Waals surface area (Å²) >= 11 is 0. The molecule has 162 valence electrons. The van der Waals surface area contributed by atoms with Crippen molar-refractivity contribution in [1.82, 2.24) is 15.5 Å². The minimum Gasteiger partial charge on any atom is -0.405 e. The van der Waals surface area contributed by atoms with Crippen LogP contribution >= 0.6 is 0 Å². The molecule has 0 spiro atoms. The van der Waals surface area contributed by atoms with Crippen LogP contribution in [0.4, 0.5) is 13.2 Å². The lowest BCUT2D eigenvalue weighted by Gasteiger charge is -2.20. The number of carbonyl (C=O) groups excluding carboxylic acids is 1. The molecule has 6 nitrogen and oxygen atoms in total. The third-order valence-corrected chi connectivity index (χ3v) is 4.52. The molecule has 0 radical (unpaired) electrons. The zero-order chi connectivity index (χ0) is 21.1. The lowest BCUT2D eigenvalue weighted by Crippen LogP contribution is -2.39. The molecule has 1 aliphatic rings. The van der Waals surface area contributed by atoms with Crippen molar-refractivity contribution in [2.45, 2.75) is 51.9 Å². The Labute approximate surface area is 169 Å². The summed E-state index contributed by atoms with van der Waals surface area (Å²) in [5.41, 5.74) is 0.345. The van der Waals surface area contributed by atoms with E-state index in [2.05, 4.69) is 20.4 Å². The smallest absolute Gasteiger partial charge is 0.405 e. The van der Waals surface area contributed by atoms with Crippen LogP contribution in [0, 0.1) is 0 Å². The van der Waals surface area contributed by atoms with E-state index in [0.29, 0.717) is 37.6 Å². The third-order valence-electron chi connectivity index (χ3n) is 4.52. The summed E-state index contributed by atoms with van der Waals surface area (Å²) in [5, 5.41) is 6.24. The molecule has 0 unspecified atom stereocenters. The van der Waals surface area contributed by atoms with Gasteiger partial charge in [-0.15, -0.1) is 13.2 Å². The SMILES string of the molecule is CCNC(=NCc1ccccc1OC(F)(F)F)NCCCN1CCCCCC1=O. The molecule has 1 aliphatic heterocycles. The number of likely N-dealkylation sites (tertiary alicyclic amines) is 1. The summed E-state index contributed by atoms with van der Waals surface area (Å²) in [7, 11) is 0. The van der Waals surface area contributed by atoms with Crippen LogP contribution < -0.4 is 15.4 Å². The van der Waals surface area contributed by atoms with Crippen molar-refractivity contribution in [3.63, 3.8) is 0 Å². The Balaban J connectivity index is 1.87. The van der Waals surface area contributed by atoms with Crippen LogP contribution in [0.5, 0.6) is 5.75 Å². The Morgan fingerprint density at radius 3 is 2.76 bits per heavy atom. The highest BCUT2D eigenvalue weighted by Gasteiger charge is 2.31. The van der Waals surface area contributed by atoms with Gasteiger partial charge in [0.05, 0.1) is 6.54 Å². The molecule has 2 N–H and O–H groups in total. The van der Waals surface area contributed by atoms with Crippen LogP contribution in [0.2, 0.25) is 0 Å². The first kappa shape index (κ1) is 22.8. The minimum atomic E-state index is -4.74. The number of guanidine groups is 1. The van der Waals surface area contributed by atoms with Crippen molar-refractivity contribution in [3.05, 3.63) is 29.8 Å². The maximum atomic E-state index is 12.5. The Hall–Kier alpha value is -2.45. The second-order valence-corrected chi connectivity index (χ2v) is 6.82. The second-order valence-electron chi connectivity index (χ2n) is 6.82. The summed E-state index contributed by atoms with van der Waals surface area (Å²) in [4.78, 5) is 18.3. The second kappa shape index (κ2) is 11.5. The van der Waals surface area contributed by atoms with Crippen molar-refractivity contribution in [2.75, 3.05) is 26.2 Å². The number of hydrogen-bond acceptors (Lipinski definition) is 3. The van der Waals surface area contributed by atoms with Crippen molar-refractivity contribution in [2.24, 2.45) is 4.99 Å². The van der Waals surface area contributed by atoms with E-state index in [0.717, 1.165) is 32.2 Å². The fraction of sp³-hybridized carbons (Fsp3) is 0.600. The van der Waals surface area contributed by atoms with Crippen LogP contribution in [0.15, 0.2) is 29.3 Å². The van der Waals surface area contributed by atoms with E-state index in [1.807, 2.05) is 11.8 Å². The van der Waals surface area contributed by atoms with E-state index in [4.69, 9.17) is 0 Å². The Bertz CT molecular complexity index is 680. The number of nitrogens with zero attached hydrogens (tertiary/aromatic N) is 2. The summed E-state index contributed by atoms with van der Waals surface area (Å²) < 4.78 is 41.7. The Morgan fingerprint density at radius 2 is 2.00 bits per heavy atom. The largest absolute Gasteiger partial charge is 0.573 e. The maximum absolute atomic E-state index is 12.5. The summed E-state index contributed by atoms with van der Waals surface area (Å²) in [6.45, 7) is 4.68. The van der Waals surface area contributed by atoms with Gasteiger partial charge < -0.3 is 20.3 Å². The van der Waals surface area contributed by atoms with Crippen LogP contribution in [0.1, 0.15) is 44.6 Å². The molecule has 29 heavy (non-hydrogen) atoms. The first-order valence-corrected chi connectivity index (χ1v) is 10.0. The van der Waals surface area contributed by atoms with Crippen LogP contribution in [-0.2, 0) is 11.3 Å². The van der Waals surface area contributed by atoms with Gasteiger partial charge >= 0.3 is 6.36 Å². The molecular weight excluding hydrogens is 385 g/mol. The lowest BCUT2D eigenvalue weighted by atomic mass is 10.2. The average molecular weight is 414 g/mol. The highest BCUT2D eigenvalue weighted by Crippen LogP contribution is 2.26. The molecule has 0 aromatic heterocycles. The number of amides is 1. The first-order valence-electron chi connectivity index (χ1n) is 10.0. The normalized spacial score (nSPS) is 15.8. The molecule has 1 fully saturated rings. The van der Waals surface area contributed by atoms with Crippen molar-refractivity contribution < 1.29 is 22.7 Å². The highest BCUT2D eigenvalue weighted by molar-refractivity contribution is 5.79. The number of halogens is 3. The molecule has 1 amide bonds. The van der Waals surface area contributed by atoms with E-state index in [-0.39, 0.29) is 18.2 Å². The maximum Gasteiger partial charge on any atom is 0.573 e. The number of benzene rings is 1. The summed E-state index contributed by atoms with van der Waals surface area (Å²) in [5.74, 6) is 0.472. The van der Waals surface area contributed by atoms with Gasteiger partial charge in [0.15, 0.2) is 5.96 Å². The highest BCUT2D eigenvalue weighted by atomic mass is 19.4. The number of carbonyl (C=O) groups is 1. The van der Waals surface area contributed by atoms with Crippen molar-refractivity contribution in [3.8, 4) is 5.75 Å². The zero-order valence-corrected chi connectivity index (χ0v) is 16.7. The number of hydrogen-bond donors (Lipinski definition) is 2. The molecule has 1 saturated heterocycles. The quantitative estimate of drug-likeness (QED) is 0.389. The van der Waals surface area contributed by atoms with Gasteiger partial charge in [0, 0.05) is 38.2 Å². The monoisotopic (exact) mass is 414 g/mol.